The second-order valence-electron chi connectivity index (χ2n) is 6.64. The number of amides is 1. The van der Waals surface area contributed by atoms with Gasteiger partial charge in [0.15, 0.2) is 5.17 Å². The van der Waals surface area contributed by atoms with Crippen LogP contribution in [0.25, 0.3) is 16.5 Å². The van der Waals surface area contributed by atoms with Gasteiger partial charge in [0, 0.05) is 11.3 Å². The maximum Gasteiger partial charge on any atom is 0.307 e. The maximum absolute atomic E-state index is 12.5. The van der Waals surface area contributed by atoms with E-state index in [4.69, 9.17) is 9.84 Å². The topological polar surface area (TPSA) is 88.0 Å². The van der Waals surface area contributed by atoms with E-state index in [1.807, 2.05) is 42.5 Å². The highest BCUT2D eigenvalue weighted by atomic mass is 32.2. The molecule has 1 aliphatic heterocycles. The molecule has 3 aromatic rings. The molecule has 0 fully saturated rings. The average molecular weight is 418 g/mol. The van der Waals surface area contributed by atoms with Crippen molar-refractivity contribution in [3.8, 4) is 0 Å². The van der Waals surface area contributed by atoms with Crippen molar-refractivity contribution in [2.45, 2.75) is 6.42 Å². The summed E-state index contributed by atoms with van der Waals surface area (Å²) in [5.41, 5.74) is 2.22. The van der Waals surface area contributed by atoms with Crippen LogP contribution in [0.5, 0.6) is 0 Å². The Balaban J connectivity index is 1.56. The number of hydrogen-bond acceptors (Lipinski definition) is 5. The number of ether oxygens (including phenoxy) is 1. The molecular weight excluding hydrogens is 400 g/mol. The molecule has 1 aliphatic rings. The van der Waals surface area contributed by atoms with Gasteiger partial charge in [-0.2, -0.15) is 4.99 Å². The van der Waals surface area contributed by atoms with E-state index < -0.39 is 5.97 Å². The number of amidine groups is 1. The van der Waals surface area contributed by atoms with Gasteiger partial charge >= 0.3 is 5.97 Å². The molecule has 0 aromatic heterocycles. The van der Waals surface area contributed by atoms with Crippen molar-refractivity contribution in [2.75, 3.05) is 12.4 Å². The van der Waals surface area contributed by atoms with Gasteiger partial charge in [-0.3, -0.25) is 9.59 Å². The highest BCUT2D eigenvalue weighted by molar-refractivity contribution is 8.18. The van der Waals surface area contributed by atoms with Crippen molar-refractivity contribution in [1.82, 2.24) is 0 Å². The Morgan fingerprint density at radius 1 is 1.07 bits per heavy atom. The summed E-state index contributed by atoms with van der Waals surface area (Å²) in [5.74, 6) is -0.768. The van der Waals surface area contributed by atoms with E-state index in [0.717, 1.165) is 16.3 Å². The van der Waals surface area contributed by atoms with E-state index in [1.54, 1.807) is 24.3 Å². The molecule has 0 spiro atoms. The summed E-state index contributed by atoms with van der Waals surface area (Å²) in [5, 5.41) is 14.6. The van der Waals surface area contributed by atoms with Crippen molar-refractivity contribution >= 4 is 51.0 Å². The van der Waals surface area contributed by atoms with Gasteiger partial charge in [-0.05, 0) is 46.3 Å². The van der Waals surface area contributed by atoms with Crippen LogP contribution in [0.15, 0.2) is 76.6 Å². The van der Waals surface area contributed by atoms with Crippen LogP contribution < -0.4 is 5.32 Å². The van der Waals surface area contributed by atoms with Gasteiger partial charge in [0.05, 0.1) is 13.5 Å². The molecule has 0 unspecified atom stereocenters. The summed E-state index contributed by atoms with van der Waals surface area (Å²) in [6.07, 6.45) is -0.0374. The molecule has 2 N–H and O–H groups in total. The van der Waals surface area contributed by atoms with Gasteiger partial charge in [0.25, 0.3) is 5.91 Å². The van der Waals surface area contributed by atoms with Crippen molar-refractivity contribution in [3.63, 3.8) is 0 Å². The van der Waals surface area contributed by atoms with Gasteiger partial charge < -0.3 is 15.2 Å². The molecule has 7 heteroatoms. The number of benzene rings is 3. The molecule has 1 amide bonds. The number of anilines is 1. The number of carboxylic acids is 1. The van der Waals surface area contributed by atoms with Crippen molar-refractivity contribution in [1.29, 1.82) is 0 Å². The number of nitrogens with one attached hydrogen (secondary N) is 1. The molecule has 0 aliphatic carbocycles. The molecule has 0 saturated heterocycles. The third kappa shape index (κ3) is 4.21. The molecule has 0 saturated carbocycles. The Kier molecular flexibility index (Phi) is 5.54. The Labute approximate surface area is 177 Å². The molecule has 1 heterocycles. The summed E-state index contributed by atoms with van der Waals surface area (Å²) in [7, 11) is 1.54. The minimum Gasteiger partial charge on any atom is -0.495 e. The number of rotatable bonds is 5. The Morgan fingerprint density at radius 2 is 1.80 bits per heavy atom. The largest absolute Gasteiger partial charge is 0.495 e. The lowest BCUT2D eigenvalue weighted by atomic mass is 10.1. The van der Waals surface area contributed by atoms with Crippen molar-refractivity contribution in [3.05, 3.63) is 82.8 Å². The first kappa shape index (κ1) is 19.7. The normalized spacial score (nSPS) is 15.1. The molecule has 0 bridgehead atoms. The number of fused-ring (bicyclic) bond motifs is 1. The fourth-order valence-corrected chi connectivity index (χ4v) is 4.10. The first-order chi connectivity index (χ1) is 14.5. The number of aliphatic carboxylic acids is 1. The molecular formula is C23H18N2O4S. The van der Waals surface area contributed by atoms with Crippen molar-refractivity contribution < 1.29 is 19.4 Å². The van der Waals surface area contributed by atoms with E-state index in [2.05, 4.69) is 10.3 Å². The number of hydrogen-bond donors (Lipinski definition) is 2. The fourth-order valence-electron chi connectivity index (χ4n) is 3.18. The number of thioether (sulfide) groups is 1. The third-order valence-corrected chi connectivity index (χ3v) is 5.53. The van der Waals surface area contributed by atoms with Crippen LogP contribution in [-0.2, 0) is 20.7 Å². The smallest absolute Gasteiger partial charge is 0.307 e. The summed E-state index contributed by atoms with van der Waals surface area (Å²) in [6, 6.07) is 20.9. The number of carboxylic acid groups (broad SMARTS) is 1. The molecule has 0 radical (unpaired) electrons. The van der Waals surface area contributed by atoms with Gasteiger partial charge in [0.2, 0.25) is 0 Å². The molecule has 150 valence electrons. The maximum atomic E-state index is 12.5. The van der Waals surface area contributed by atoms with Gasteiger partial charge in [-0.25, -0.2) is 0 Å². The summed E-state index contributed by atoms with van der Waals surface area (Å²) in [6.45, 7) is 0. The fraction of sp³-hybridized carbons (Fsp3) is 0.0870. The van der Waals surface area contributed by atoms with E-state index in [-0.39, 0.29) is 12.3 Å². The predicted octanol–water partition coefficient (Wildman–Crippen LogP) is 4.52. The number of nitrogens with zero attached hydrogens (tertiary/aromatic N) is 1. The molecule has 0 atom stereocenters. The van der Waals surface area contributed by atoms with Crippen LogP contribution in [-0.4, -0.2) is 29.3 Å². The minimum atomic E-state index is -0.882. The first-order valence-electron chi connectivity index (χ1n) is 9.19. The zero-order chi connectivity index (χ0) is 21.1. The predicted molar refractivity (Wildman–Crippen MR) is 119 cm³/mol. The summed E-state index contributed by atoms with van der Waals surface area (Å²) in [4.78, 5) is 27.8. The molecule has 6 nitrogen and oxygen atoms in total. The average Bonchev–Trinajstić information content (AvgIpc) is 3.09. The molecule has 4 rings (SSSR count). The second-order valence-corrected chi connectivity index (χ2v) is 7.64. The monoisotopic (exact) mass is 418 g/mol. The lowest BCUT2D eigenvalue weighted by Crippen LogP contribution is -2.05. The lowest BCUT2D eigenvalue weighted by Gasteiger charge is -2.10. The first-order valence-corrected chi connectivity index (χ1v) is 10.0. The number of carbonyl (C=O) groups excluding carboxylic acids is 1. The van der Waals surface area contributed by atoms with Gasteiger partial charge in [-0.1, -0.05) is 48.5 Å². The quantitative estimate of drug-likeness (QED) is 0.468. The van der Waals surface area contributed by atoms with Crippen LogP contribution in [0.2, 0.25) is 0 Å². The highest BCUT2D eigenvalue weighted by Crippen LogP contribution is 2.35. The SMILES string of the molecule is CO/C(=C1/SC(Nc2ccc(CC(=O)O)cc2)=NC1=O)c1ccc2ccccc2c1. The number of aliphatic imine (C=N–C) groups is 1. The minimum absolute atomic E-state index is 0.0374. The van der Waals surface area contributed by atoms with Crippen LogP contribution in [0.3, 0.4) is 0 Å². The van der Waals surface area contributed by atoms with Crippen LogP contribution in [0.4, 0.5) is 5.69 Å². The lowest BCUT2D eigenvalue weighted by molar-refractivity contribution is -0.136. The summed E-state index contributed by atoms with van der Waals surface area (Å²) < 4.78 is 5.57. The van der Waals surface area contributed by atoms with Crippen LogP contribution >= 0.6 is 11.8 Å². The third-order valence-electron chi connectivity index (χ3n) is 4.58. The van der Waals surface area contributed by atoms with Crippen LogP contribution in [0, 0.1) is 0 Å². The Hall–Kier alpha value is -3.58. The molecule has 3 aromatic carbocycles. The van der Waals surface area contributed by atoms with Crippen molar-refractivity contribution in [2.24, 2.45) is 4.99 Å². The Morgan fingerprint density at radius 3 is 2.50 bits per heavy atom. The number of carbonyl (C=O) groups is 2. The Bertz CT molecular complexity index is 1200. The van der Waals surface area contributed by atoms with E-state index >= 15 is 0 Å². The van der Waals surface area contributed by atoms with Crippen LogP contribution in [0.1, 0.15) is 11.1 Å². The zero-order valence-corrected chi connectivity index (χ0v) is 16.9. The van der Waals surface area contributed by atoms with E-state index in [0.29, 0.717) is 27.1 Å². The standard InChI is InChI=1S/C23H18N2O4S/c1-29-20(17-9-8-15-4-2-3-5-16(15)13-17)21-22(28)25-23(30-21)24-18-10-6-14(7-11-18)12-19(26)27/h2-11,13H,12H2,1H3,(H,26,27)(H,24,25,28)/b21-20+. The van der Waals surface area contributed by atoms with Gasteiger partial charge in [0.1, 0.15) is 10.7 Å². The van der Waals surface area contributed by atoms with E-state index in [1.165, 1.54) is 18.9 Å². The van der Waals surface area contributed by atoms with E-state index in [9.17, 15) is 9.59 Å². The van der Waals surface area contributed by atoms with Gasteiger partial charge in [-0.15, -0.1) is 0 Å². The second kappa shape index (κ2) is 8.42. The zero-order valence-electron chi connectivity index (χ0n) is 16.1. The molecule has 30 heavy (non-hydrogen) atoms. The number of methoxy groups -OCH3 is 1. The highest BCUT2D eigenvalue weighted by Gasteiger charge is 2.27. The summed E-state index contributed by atoms with van der Waals surface area (Å²) >= 11 is 1.21.